The predicted molar refractivity (Wildman–Crippen MR) is 123 cm³/mol. The molecule has 3 aromatic heterocycles. The van der Waals surface area contributed by atoms with Crippen LogP contribution in [0.3, 0.4) is 0 Å². The van der Waals surface area contributed by atoms with Crippen molar-refractivity contribution >= 4 is 28.8 Å². The topological polar surface area (TPSA) is 79.6 Å². The summed E-state index contributed by atoms with van der Waals surface area (Å²) in [5.74, 6) is -0.574. The standard InChI is InChI=1S/C24H22FN5O2S/c25-19-4-2-1-3-18(19)24(32)29-11-9-17(10-12-29)20-6-7-21(33-20)23(31)26-13-16-5-8-22-27-15-28-30(22)14-16/h1-8,14-15,17H,9-13H2,(H,26,31). The van der Waals surface area contributed by atoms with E-state index < -0.39 is 5.82 Å². The number of hydrogen-bond acceptors (Lipinski definition) is 5. The monoisotopic (exact) mass is 463 g/mol. The van der Waals surface area contributed by atoms with Gasteiger partial charge in [0.05, 0.1) is 10.4 Å². The Labute approximate surface area is 193 Å². The van der Waals surface area contributed by atoms with Gasteiger partial charge >= 0.3 is 0 Å². The molecule has 0 bridgehead atoms. The molecule has 4 heterocycles. The van der Waals surface area contributed by atoms with Crippen LogP contribution in [0.15, 0.2) is 61.1 Å². The van der Waals surface area contributed by atoms with E-state index in [9.17, 15) is 14.0 Å². The van der Waals surface area contributed by atoms with E-state index in [1.807, 2.05) is 30.5 Å². The van der Waals surface area contributed by atoms with E-state index in [1.165, 1.54) is 29.8 Å². The Hall–Kier alpha value is -3.59. The third kappa shape index (κ3) is 4.49. The summed E-state index contributed by atoms with van der Waals surface area (Å²) in [5, 5.41) is 7.06. The number of hydrogen-bond donors (Lipinski definition) is 1. The van der Waals surface area contributed by atoms with Crippen molar-refractivity contribution in [3.8, 4) is 0 Å². The number of pyridine rings is 1. The fourth-order valence-electron chi connectivity index (χ4n) is 4.10. The Morgan fingerprint density at radius 1 is 1.09 bits per heavy atom. The number of nitrogens with one attached hydrogen (secondary N) is 1. The molecule has 4 aromatic rings. The number of carbonyl (C=O) groups excluding carboxylic acids is 2. The van der Waals surface area contributed by atoms with Crippen LogP contribution in [-0.4, -0.2) is 44.4 Å². The largest absolute Gasteiger partial charge is 0.347 e. The minimum Gasteiger partial charge on any atom is -0.347 e. The van der Waals surface area contributed by atoms with Crippen molar-refractivity contribution in [2.24, 2.45) is 0 Å². The highest BCUT2D eigenvalue weighted by atomic mass is 32.1. The SMILES string of the molecule is O=C(NCc1ccc2ncnn2c1)c1ccc(C2CCN(C(=O)c3ccccc3F)CC2)s1. The van der Waals surface area contributed by atoms with E-state index in [-0.39, 0.29) is 23.3 Å². The predicted octanol–water partition coefficient (Wildman–Crippen LogP) is 3.88. The quantitative estimate of drug-likeness (QED) is 0.487. The van der Waals surface area contributed by atoms with Crippen LogP contribution in [0.5, 0.6) is 0 Å². The van der Waals surface area contributed by atoms with Crippen LogP contribution in [-0.2, 0) is 6.54 Å². The van der Waals surface area contributed by atoms with E-state index >= 15 is 0 Å². The van der Waals surface area contributed by atoms with Gasteiger partial charge in [0, 0.05) is 30.7 Å². The van der Waals surface area contributed by atoms with Gasteiger partial charge in [-0.2, -0.15) is 5.10 Å². The molecule has 0 atom stereocenters. The third-order valence-corrected chi connectivity index (χ3v) is 7.17. The number of halogens is 1. The van der Waals surface area contributed by atoms with E-state index in [0.29, 0.717) is 24.5 Å². The normalized spacial score (nSPS) is 14.5. The highest BCUT2D eigenvalue weighted by Gasteiger charge is 2.27. The number of rotatable bonds is 5. The molecule has 1 N–H and O–H groups in total. The second-order valence-corrected chi connectivity index (χ2v) is 9.15. The van der Waals surface area contributed by atoms with Crippen LogP contribution in [0.4, 0.5) is 4.39 Å². The van der Waals surface area contributed by atoms with Gasteiger partial charge in [0.15, 0.2) is 5.65 Å². The summed E-state index contributed by atoms with van der Waals surface area (Å²) >= 11 is 1.49. The van der Waals surface area contributed by atoms with Gasteiger partial charge in [0.1, 0.15) is 12.1 Å². The zero-order valence-electron chi connectivity index (χ0n) is 17.8. The van der Waals surface area contributed by atoms with Crippen molar-refractivity contribution in [2.45, 2.75) is 25.3 Å². The number of nitrogens with zero attached hydrogens (tertiary/aromatic N) is 4. The molecule has 168 valence electrons. The van der Waals surface area contributed by atoms with Gasteiger partial charge < -0.3 is 10.2 Å². The fourth-order valence-corrected chi connectivity index (χ4v) is 5.19. The lowest BCUT2D eigenvalue weighted by atomic mass is 9.95. The number of piperidine rings is 1. The lowest BCUT2D eigenvalue weighted by molar-refractivity contribution is 0.0709. The van der Waals surface area contributed by atoms with Gasteiger partial charge in [-0.1, -0.05) is 18.2 Å². The molecule has 1 aromatic carbocycles. The molecule has 1 aliphatic heterocycles. The fraction of sp³-hybridized carbons (Fsp3) is 0.250. The average molecular weight is 464 g/mol. The summed E-state index contributed by atoms with van der Waals surface area (Å²) in [6.07, 6.45) is 4.92. The molecule has 33 heavy (non-hydrogen) atoms. The molecular weight excluding hydrogens is 441 g/mol. The summed E-state index contributed by atoms with van der Waals surface area (Å²) < 4.78 is 15.6. The average Bonchev–Trinajstić information content (AvgIpc) is 3.52. The minimum atomic E-state index is -0.486. The molecular formula is C24H22FN5O2S. The first kappa shape index (κ1) is 21.3. The Morgan fingerprint density at radius 2 is 1.91 bits per heavy atom. The maximum atomic E-state index is 13.9. The summed E-state index contributed by atoms with van der Waals surface area (Å²) in [4.78, 5) is 32.9. The summed E-state index contributed by atoms with van der Waals surface area (Å²) in [5.41, 5.74) is 1.81. The molecule has 1 fully saturated rings. The smallest absolute Gasteiger partial charge is 0.261 e. The highest BCUT2D eigenvalue weighted by molar-refractivity contribution is 7.14. The van der Waals surface area contributed by atoms with Crippen LogP contribution in [0, 0.1) is 5.82 Å². The molecule has 7 nitrogen and oxygen atoms in total. The first-order valence-corrected chi connectivity index (χ1v) is 11.6. The van der Waals surface area contributed by atoms with Gasteiger partial charge in [0.25, 0.3) is 11.8 Å². The van der Waals surface area contributed by atoms with E-state index in [4.69, 9.17) is 0 Å². The lowest BCUT2D eigenvalue weighted by Crippen LogP contribution is -2.38. The molecule has 9 heteroatoms. The number of carbonyl (C=O) groups is 2. The van der Waals surface area contributed by atoms with Crippen LogP contribution in [0.2, 0.25) is 0 Å². The zero-order chi connectivity index (χ0) is 22.8. The van der Waals surface area contributed by atoms with E-state index in [0.717, 1.165) is 28.9 Å². The highest BCUT2D eigenvalue weighted by Crippen LogP contribution is 2.33. The number of fused-ring (bicyclic) bond motifs is 1. The second-order valence-electron chi connectivity index (χ2n) is 8.03. The molecule has 1 aliphatic rings. The van der Waals surface area contributed by atoms with Crippen molar-refractivity contribution in [3.63, 3.8) is 0 Å². The number of amides is 2. The minimum absolute atomic E-state index is 0.114. The molecule has 0 aliphatic carbocycles. The van der Waals surface area contributed by atoms with Crippen LogP contribution < -0.4 is 5.32 Å². The number of benzene rings is 1. The number of thiophene rings is 1. The molecule has 0 spiro atoms. The second kappa shape index (κ2) is 9.11. The summed E-state index contributed by atoms with van der Waals surface area (Å²) in [7, 11) is 0. The van der Waals surface area contributed by atoms with Crippen molar-refractivity contribution in [1.82, 2.24) is 24.8 Å². The van der Waals surface area contributed by atoms with Gasteiger partial charge in [-0.15, -0.1) is 11.3 Å². The van der Waals surface area contributed by atoms with Crippen LogP contribution in [0.25, 0.3) is 5.65 Å². The Kier molecular flexibility index (Phi) is 5.87. The van der Waals surface area contributed by atoms with Crippen LogP contribution >= 0.6 is 11.3 Å². The Balaban J connectivity index is 1.16. The summed E-state index contributed by atoms with van der Waals surface area (Å²) in [6.45, 7) is 1.54. The van der Waals surface area contributed by atoms with Gasteiger partial charge in [-0.3, -0.25) is 9.59 Å². The zero-order valence-corrected chi connectivity index (χ0v) is 18.6. The molecule has 0 unspecified atom stereocenters. The Bertz CT molecular complexity index is 1310. The first-order chi connectivity index (χ1) is 16.1. The van der Waals surface area contributed by atoms with Crippen molar-refractivity contribution in [2.75, 3.05) is 13.1 Å². The van der Waals surface area contributed by atoms with Crippen LogP contribution in [0.1, 0.15) is 49.2 Å². The van der Waals surface area contributed by atoms with Crippen molar-refractivity contribution in [1.29, 1.82) is 0 Å². The lowest BCUT2D eigenvalue weighted by Gasteiger charge is -2.31. The van der Waals surface area contributed by atoms with Crippen molar-refractivity contribution < 1.29 is 14.0 Å². The van der Waals surface area contributed by atoms with Gasteiger partial charge in [0.2, 0.25) is 0 Å². The van der Waals surface area contributed by atoms with E-state index in [1.54, 1.807) is 21.5 Å². The molecule has 1 saturated heterocycles. The Morgan fingerprint density at radius 3 is 2.73 bits per heavy atom. The summed E-state index contributed by atoms with van der Waals surface area (Å²) in [6, 6.07) is 13.7. The number of aromatic nitrogens is 3. The van der Waals surface area contributed by atoms with E-state index in [2.05, 4.69) is 15.4 Å². The molecule has 2 amide bonds. The maximum absolute atomic E-state index is 13.9. The molecule has 0 saturated carbocycles. The molecule has 5 rings (SSSR count). The molecule has 0 radical (unpaired) electrons. The van der Waals surface area contributed by atoms with Gasteiger partial charge in [-0.05, 0) is 54.7 Å². The number of likely N-dealkylation sites (tertiary alicyclic amines) is 1. The first-order valence-electron chi connectivity index (χ1n) is 10.8. The van der Waals surface area contributed by atoms with Gasteiger partial charge in [-0.25, -0.2) is 13.9 Å². The van der Waals surface area contributed by atoms with Crippen molar-refractivity contribution in [3.05, 3.63) is 87.8 Å². The maximum Gasteiger partial charge on any atom is 0.261 e. The third-order valence-electron chi connectivity index (χ3n) is 5.93.